The van der Waals surface area contributed by atoms with Crippen LogP contribution in [0.4, 0.5) is 0 Å². The second-order valence-electron chi connectivity index (χ2n) is 30.4. The van der Waals surface area contributed by atoms with Crippen LogP contribution in [0.3, 0.4) is 0 Å². The lowest BCUT2D eigenvalue weighted by Gasteiger charge is -2.21. The number of carbonyl (C=O) groups excluding carboxylic acids is 4. The van der Waals surface area contributed by atoms with Gasteiger partial charge in [0.25, 0.3) is 0 Å². The summed E-state index contributed by atoms with van der Waals surface area (Å²) in [6.45, 7) is 14.2. The van der Waals surface area contributed by atoms with Crippen LogP contribution < -0.4 is 0 Å². The minimum atomic E-state index is -4.96. The van der Waals surface area contributed by atoms with Crippen molar-refractivity contribution in [2.75, 3.05) is 39.6 Å². The molecule has 0 aliphatic rings. The summed E-state index contributed by atoms with van der Waals surface area (Å²) in [4.78, 5) is 72.9. The third-order valence-corrected chi connectivity index (χ3v) is 20.2. The van der Waals surface area contributed by atoms with E-state index in [1.165, 1.54) is 199 Å². The average molecular weight is 1440 g/mol. The van der Waals surface area contributed by atoms with Crippen LogP contribution in [-0.2, 0) is 65.4 Å². The van der Waals surface area contributed by atoms with Crippen molar-refractivity contribution in [3.63, 3.8) is 0 Å². The highest BCUT2D eigenvalue weighted by molar-refractivity contribution is 7.47. The minimum Gasteiger partial charge on any atom is -0.462 e. The van der Waals surface area contributed by atoms with Gasteiger partial charge in [-0.3, -0.25) is 37.3 Å². The predicted molar refractivity (Wildman–Crippen MR) is 400 cm³/mol. The largest absolute Gasteiger partial charge is 0.472 e. The molecule has 3 unspecified atom stereocenters. The lowest BCUT2D eigenvalue weighted by Crippen LogP contribution is -2.30. The molecule has 582 valence electrons. The molecule has 0 aromatic heterocycles. The van der Waals surface area contributed by atoms with Crippen LogP contribution in [0.5, 0.6) is 0 Å². The molecule has 0 fully saturated rings. The molecule has 0 aliphatic carbocycles. The van der Waals surface area contributed by atoms with Gasteiger partial charge in [0.1, 0.15) is 19.3 Å². The van der Waals surface area contributed by atoms with Crippen molar-refractivity contribution >= 4 is 39.5 Å². The van der Waals surface area contributed by atoms with Gasteiger partial charge in [-0.1, -0.05) is 351 Å². The molecule has 0 rings (SSSR count). The molecule has 3 N–H and O–H groups in total. The van der Waals surface area contributed by atoms with Crippen molar-refractivity contribution < 1.29 is 80.2 Å². The van der Waals surface area contributed by atoms with E-state index in [-0.39, 0.29) is 25.7 Å². The number of hydrogen-bond donors (Lipinski definition) is 3. The van der Waals surface area contributed by atoms with Crippen molar-refractivity contribution in [1.29, 1.82) is 0 Å². The Labute approximate surface area is 600 Å². The first-order valence-corrected chi connectivity index (χ1v) is 43.7. The van der Waals surface area contributed by atoms with E-state index in [1.54, 1.807) is 0 Å². The van der Waals surface area contributed by atoms with Crippen LogP contribution in [-0.4, -0.2) is 96.7 Å². The zero-order valence-electron chi connectivity index (χ0n) is 64.4. The van der Waals surface area contributed by atoms with Crippen molar-refractivity contribution in [3.8, 4) is 0 Å². The smallest absolute Gasteiger partial charge is 0.462 e. The summed E-state index contributed by atoms with van der Waals surface area (Å²) >= 11 is 0. The van der Waals surface area contributed by atoms with Crippen LogP contribution in [0.1, 0.15) is 402 Å². The molecule has 0 aliphatic heterocycles. The Morgan fingerprint density at radius 3 is 0.633 bits per heavy atom. The van der Waals surface area contributed by atoms with Crippen molar-refractivity contribution in [2.24, 2.45) is 23.7 Å². The monoisotopic (exact) mass is 1440 g/mol. The summed E-state index contributed by atoms with van der Waals surface area (Å²) in [6, 6.07) is 0. The van der Waals surface area contributed by atoms with Crippen LogP contribution in [0.25, 0.3) is 0 Å². The van der Waals surface area contributed by atoms with E-state index in [4.69, 9.17) is 37.0 Å². The number of hydrogen-bond acceptors (Lipinski definition) is 15. The number of unbranched alkanes of at least 4 members (excludes halogenated alkanes) is 42. The molecule has 0 spiro atoms. The molecule has 98 heavy (non-hydrogen) atoms. The lowest BCUT2D eigenvalue weighted by atomic mass is 10.0. The first-order valence-electron chi connectivity index (χ1n) is 40.7. The molecule has 0 aromatic carbocycles. The van der Waals surface area contributed by atoms with Crippen LogP contribution in [0.15, 0.2) is 0 Å². The molecule has 0 aromatic rings. The second-order valence-corrected chi connectivity index (χ2v) is 33.3. The highest BCUT2D eigenvalue weighted by Crippen LogP contribution is 2.45. The third kappa shape index (κ3) is 72.4. The Morgan fingerprint density at radius 1 is 0.255 bits per heavy atom. The first-order chi connectivity index (χ1) is 47.1. The highest BCUT2D eigenvalue weighted by atomic mass is 31.2. The molecule has 0 saturated carbocycles. The standard InChI is InChI=1S/C79H154O17P2/c1-69(2)55-47-39-31-25-19-15-11-9-10-12-17-21-28-34-43-51-59-76(81)89-65-74(95-79(84)62-54-46-36-30-24-23-27-33-41-49-57-71(5)6)67-93-97(85,86)91-63-73(80)64-92-98(87,88)94-68-75(66-90-77(82)60-52-44-38-37-42-50-58-72(7)8)96-78(83)61-53-45-35-29-22-18-14-13-16-20-26-32-40-48-56-70(3)4/h69-75,80H,9-68H2,1-8H3,(H,85,86)(H,87,88)/t73?,74-,75-/m1/s1. The molecular weight excluding hydrogens is 1280 g/mol. The lowest BCUT2D eigenvalue weighted by molar-refractivity contribution is -0.161. The SMILES string of the molecule is CC(C)CCCCCCCCCCCCCCCCCCC(=O)OC[C@H](COP(=O)(O)OCC(O)COP(=O)(O)OC[C@@H](COC(=O)CCCCCCCCC(C)C)OC(=O)CCCCCCCCCCCCCCCCC(C)C)OC(=O)CCCCCCCCCCCCC(C)C. The summed E-state index contributed by atoms with van der Waals surface area (Å²) in [5.74, 6) is 0.920. The maximum absolute atomic E-state index is 13.1. The molecule has 0 amide bonds. The summed E-state index contributed by atoms with van der Waals surface area (Å²) in [5.41, 5.74) is 0. The van der Waals surface area contributed by atoms with Gasteiger partial charge in [-0.15, -0.1) is 0 Å². The number of phosphoric acid groups is 2. The molecule has 5 atom stereocenters. The van der Waals surface area contributed by atoms with Gasteiger partial charge >= 0.3 is 39.5 Å². The number of aliphatic hydroxyl groups excluding tert-OH is 1. The Bertz CT molecular complexity index is 1920. The summed E-state index contributed by atoms with van der Waals surface area (Å²) in [5, 5.41) is 10.6. The van der Waals surface area contributed by atoms with Gasteiger partial charge < -0.3 is 33.8 Å². The van der Waals surface area contributed by atoms with Gasteiger partial charge in [-0.25, -0.2) is 9.13 Å². The Morgan fingerprint density at radius 2 is 0.429 bits per heavy atom. The zero-order valence-corrected chi connectivity index (χ0v) is 66.2. The maximum Gasteiger partial charge on any atom is 0.472 e. The Hall–Kier alpha value is -1.94. The predicted octanol–water partition coefficient (Wildman–Crippen LogP) is 23.2. The number of esters is 4. The summed E-state index contributed by atoms with van der Waals surface area (Å²) in [7, 11) is -9.92. The van der Waals surface area contributed by atoms with E-state index in [0.717, 1.165) is 114 Å². The van der Waals surface area contributed by atoms with E-state index in [0.29, 0.717) is 31.6 Å². The molecule has 0 radical (unpaired) electrons. The Kier molecular flexibility index (Phi) is 66.8. The Balaban J connectivity index is 5.20. The number of carbonyl (C=O) groups is 4. The van der Waals surface area contributed by atoms with Gasteiger partial charge in [0.2, 0.25) is 0 Å². The highest BCUT2D eigenvalue weighted by Gasteiger charge is 2.30. The van der Waals surface area contributed by atoms with Gasteiger partial charge in [0.15, 0.2) is 12.2 Å². The molecular formula is C79H154O17P2. The zero-order chi connectivity index (χ0) is 72.4. The van der Waals surface area contributed by atoms with Crippen molar-refractivity contribution in [1.82, 2.24) is 0 Å². The first kappa shape index (κ1) is 96.1. The van der Waals surface area contributed by atoms with Gasteiger partial charge in [0.05, 0.1) is 26.4 Å². The molecule has 0 bridgehead atoms. The number of ether oxygens (including phenoxy) is 4. The van der Waals surface area contributed by atoms with Crippen LogP contribution >= 0.6 is 15.6 Å². The van der Waals surface area contributed by atoms with Crippen molar-refractivity contribution in [2.45, 2.75) is 420 Å². The summed E-state index contributed by atoms with van der Waals surface area (Å²) in [6.07, 6.45) is 54.3. The fraction of sp³-hybridized carbons (Fsp3) is 0.949. The van der Waals surface area contributed by atoms with E-state index < -0.39 is 97.5 Å². The molecule has 0 saturated heterocycles. The van der Waals surface area contributed by atoms with Gasteiger partial charge in [-0.05, 0) is 49.4 Å². The van der Waals surface area contributed by atoms with Crippen molar-refractivity contribution in [3.05, 3.63) is 0 Å². The van der Waals surface area contributed by atoms with E-state index >= 15 is 0 Å². The number of rotatable bonds is 76. The molecule has 19 heteroatoms. The van der Waals surface area contributed by atoms with Crippen LogP contribution in [0, 0.1) is 23.7 Å². The number of aliphatic hydroxyl groups is 1. The number of phosphoric ester groups is 2. The quantitative estimate of drug-likeness (QED) is 0.0222. The average Bonchev–Trinajstić information content (AvgIpc) is 0.994. The third-order valence-electron chi connectivity index (χ3n) is 18.3. The molecule has 17 nitrogen and oxygen atoms in total. The van der Waals surface area contributed by atoms with Gasteiger partial charge in [-0.2, -0.15) is 0 Å². The van der Waals surface area contributed by atoms with Gasteiger partial charge in [0, 0.05) is 25.7 Å². The van der Waals surface area contributed by atoms with E-state index in [1.807, 2.05) is 0 Å². The second kappa shape index (κ2) is 68.2. The fourth-order valence-corrected chi connectivity index (χ4v) is 13.7. The minimum absolute atomic E-state index is 0.106. The van der Waals surface area contributed by atoms with E-state index in [2.05, 4.69) is 55.4 Å². The fourth-order valence-electron chi connectivity index (χ4n) is 12.1. The van der Waals surface area contributed by atoms with Crippen LogP contribution in [0.2, 0.25) is 0 Å². The maximum atomic E-state index is 13.1. The summed E-state index contributed by atoms with van der Waals surface area (Å²) < 4.78 is 68.6. The normalized spacial score (nSPS) is 14.1. The topological polar surface area (TPSA) is 237 Å². The van der Waals surface area contributed by atoms with E-state index in [9.17, 15) is 43.2 Å². The molecule has 0 heterocycles.